The Hall–Kier alpha value is -2.75. The molecule has 29 heavy (non-hydrogen) atoms. The van der Waals surface area contributed by atoms with Gasteiger partial charge in [-0.3, -0.25) is 9.10 Å². The molecule has 0 aliphatic rings. The second-order valence-electron chi connectivity index (χ2n) is 5.79. The second-order valence-corrected chi connectivity index (χ2v) is 8.55. The van der Waals surface area contributed by atoms with Crippen molar-refractivity contribution in [2.45, 2.75) is 4.90 Å². The second kappa shape index (κ2) is 8.32. The van der Waals surface area contributed by atoms with Gasteiger partial charge < -0.3 is 5.32 Å². The normalized spacial score (nSPS) is 11.2. The smallest absolute Gasteiger partial charge is 0.264 e. The highest BCUT2D eigenvalue weighted by Crippen LogP contribution is 2.26. The molecule has 0 atom stereocenters. The van der Waals surface area contributed by atoms with Crippen molar-refractivity contribution in [2.24, 2.45) is 0 Å². The first-order valence-corrected chi connectivity index (χ1v) is 10.2. The zero-order chi connectivity index (χ0) is 21.2. The minimum Gasteiger partial charge on any atom is -0.305 e. The van der Waals surface area contributed by atoms with E-state index in [0.29, 0.717) is 0 Å². The molecule has 3 rings (SSSR count). The number of nitrogens with one attached hydrogen (secondary N) is 1. The molecule has 2 aromatic carbocycles. The molecule has 0 fully saturated rings. The Morgan fingerprint density at radius 3 is 2.34 bits per heavy atom. The van der Waals surface area contributed by atoms with Crippen LogP contribution in [0, 0.1) is 5.82 Å². The summed E-state index contributed by atoms with van der Waals surface area (Å²) in [5.41, 5.74) is 0.181. The summed E-state index contributed by atoms with van der Waals surface area (Å²) in [6.45, 7) is 0. The highest BCUT2D eigenvalue weighted by molar-refractivity contribution is 7.92. The van der Waals surface area contributed by atoms with Gasteiger partial charge in [0.05, 0.1) is 21.2 Å². The van der Waals surface area contributed by atoms with E-state index in [-0.39, 0.29) is 32.1 Å². The number of aromatic nitrogens is 2. The maximum atomic E-state index is 13.1. The molecule has 1 aromatic heterocycles. The van der Waals surface area contributed by atoms with Crippen molar-refractivity contribution in [3.05, 3.63) is 76.2 Å². The van der Waals surface area contributed by atoms with E-state index < -0.39 is 21.7 Å². The van der Waals surface area contributed by atoms with Gasteiger partial charge in [0.2, 0.25) is 0 Å². The largest absolute Gasteiger partial charge is 0.305 e. The lowest BCUT2D eigenvalue weighted by Gasteiger charge is -2.20. The highest BCUT2D eigenvalue weighted by atomic mass is 35.5. The molecule has 0 spiro atoms. The Balaban J connectivity index is 1.91. The lowest BCUT2D eigenvalue weighted by atomic mass is 10.2. The summed E-state index contributed by atoms with van der Waals surface area (Å²) in [6.07, 6.45) is 0. The highest BCUT2D eigenvalue weighted by Gasteiger charge is 2.24. The zero-order valence-corrected chi connectivity index (χ0v) is 17.1. The fourth-order valence-electron chi connectivity index (χ4n) is 2.35. The molecular formula is C18H13Cl2FN4O3S. The molecule has 1 amide bonds. The van der Waals surface area contributed by atoms with Crippen LogP contribution in [0.3, 0.4) is 0 Å². The number of rotatable bonds is 5. The summed E-state index contributed by atoms with van der Waals surface area (Å²) in [5, 5.41) is 9.98. The monoisotopic (exact) mass is 454 g/mol. The number of nitrogens with zero attached hydrogens (tertiary/aromatic N) is 3. The van der Waals surface area contributed by atoms with Gasteiger partial charge in [-0.2, -0.15) is 0 Å². The average molecular weight is 455 g/mol. The Labute approximate surface area is 176 Å². The Morgan fingerprint density at radius 2 is 1.72 bits per heavy atom. The fraction of sp³-hybridized carbons (Fsp3) is 0.0556. The lowest BCUT2D eigenvalue weighted by molar-refractivity contribution is 0.102. The maximum absolute atomic E-state index is 13.1. The van der Waals surface area contributed by atoms with Crippen LogP contribution >= 0.6 is 23.2 Å². The number of amides is 1. The van der Waals surface area contributed by atoms with Crippen LogP contribution in [0.1, 0.15) is 10.4 Å². The van der Waals surface area contributed by atoms with Crippen molar-refractivity contribution in [1.29, 1.82) is 0 Å². The number of hydrogen-bond donors (Lipinski definition) is 1. The topological polar surface area (TPSA) is 92.3 Å². The van der Waals surface area contributed by atoms with Crippen LogP contribution in [0.5, 0.6) is 0 Å². The summed E-state index contributed by atoms with van der Waals surface area (Å²) in [6, 6.07) is 11.5. The van der Waals surface area contributed by atoms with E-state index in [9.17, 15) is 17.6 Å². The number of carbonyl (C=O) groups excluding carboxylic acids is 1. The van der Waals surface area contributed by atoms with E-state index >= 15 is 0 Å². The SMILES string of the molecule is CN(c1ccc(F)cc1)S(=O)(=O)c1ccc(Cl)c(C(=O)Nc2ccc(Cl)nn2)c1. The number of anilines is 2. The van der Waals surface area contributed by atoms with Crippen molar-refractivity contribution in [3.63, 3.8) is 0 Å². The van der Waals surface area contributed by atoms with Crippen LogP contribution in [0.2, 0.25) is 10.2 Å². The summed E-state index contributed by atoms with van der Waals surface area (Å²) in [7, 11) is -2.71. The van der Waals surface area contributed by atoms with Crippen LogP contribution in [-0.4, -0.2) is 31.6 Å². The third kappa shape index (κ3) is 4.64. The number of halogens is 3. The molecule has 0 bridgehead atoms. The molecule has 1 heterocycles. The van der Waals surface area contributed by atoms with Crippen LogP contribution in [0.4, 0.5) is 15.9 Å². The molecule has 0 unspecified atom stereocenters. The molecule has 3 aromatic rings. The molecule has 150 valence electrons. The summed E-state index contributed by atoms with van der Waals surface area (Å²) in [4.78, 5) is 12.4. The van der Waals surface area contributed by atoms with Crippen LogP contribution in [0.15, 0.2) is 59.5 Å². The van der Waals surface area contributed by atoms with E-state index in [4.69, 9.17) is 23.2 Å². The quantitative estimate of drug-likeness (QED) is 0.628. The van der Waals surface area contributed by atoms with Gasteiger partial charge in [0.15, 0.2) is 11.0 Å². The maximum Gasteiger partial charge on any atom is 0.264 e. The summed E-state index contributed by atoms with van der Waals surface area (Å²) < 4.78 is 39.9. The molecule has 0 saturated carbocycles. The van der Waals surface area contributed by atoms with Gasteiger partial charge in [0.25, 0.3) is 15.9 Å². The minimum atomic E-state index is -4.03. The van der Waals surface area contributed by atoms with E-state index in [0.717, 1.165) is 22.5 Å². The minimum absolute atomic E-state index is 0.0489. The fourth-order valence-corrected chi connectivity index (χ4v) is 3.88. The molecule has 1 N–H and O–H groups in total. The van der Waals surface area contributed by atoms with E-state index in [1.807, 2.05) is 0 Å². The third-order valence-electron chi connectivity index (χ3n) is 3.90. The molecule has 0 aliphatic heterocycles. The standard InChI is InChI=1S/C18H13Cl2FN4O3S/c1-25(12-4-2-11(21)3-5-12)29(27,28)13-6-7-15(19)14(10-13)18(26)22-17-9-8-16(20)23-24-17/h2-10H,1H3,(H,22,24,26). The molecule has 0 radical (unpaired) electrons. The zero-order valence-electron chi connectivity index (χ0n) is 14.8. The molecule has 11 heteroatoms. The van der Waals surface area contributed by atoms with Crippen LogP contribution in [0.25, 0.3) is 0 Å². The number of carbonyl (C=O) groups is 1. The Bertz CT molecular complexity index is 1160. The van der Waals surface area contributed by atoms with Crippen LogP contribution in [-0.2, 0) is 10.0 Å². The average Bonchev–Trinajstić information content (AvgIpc) is 2.70. The molecule has 0 saturated heterocycles. The van der Waals surface area contributed by atoms with Crippen molar-refractivity contribution < 1.29 is 17.6 Å². The predicted octanol–water partition coefficient (Wildman–Crippen LogP) is 4.00. The third-order valence-corrected chi connectivity index (χ3v) is 6.22. The molecular weight excluding hydrogens is 442 g/mol. The number of benzene rings is 2. The van der Waals surface area contributed by atoms with E-state index in [1.165, 1.54) is 43.4 Å². The van der Waals surface area contributed by atoms with Gasteiger partial charge in [-0.1, -0.05) is 23.2 Å². The Morgan fingerprint density at radius 1 is 1.03 bits per heavy atom. The van der Waals surface area contributed by atoms with E-state index in [2.05, 4.69) is 15.5 Å². The first-order valence-electron chi connectivity index (χ1n) is 8.03. The van der Waals surface area contributed by atoms with Gasteiger partial charge in [-0.05, 0) is 54.6 Å². The lowest BCUT2D eigenvalue weighted by Crippen LogP contribution is -2.27. The first kappa shape index (κ1) is 21.0. The van der Waals surface area contributed by atoms with Gasteiger partial charge >= 0.3 is 0 Å². The van der Waals surface area contributed by atoms with Gasteiger partial charge in [0, 0.05) is 7.05 Å². The number of sulfonamides is 1. The van der Waals surface area contributed by atoms with E-state index in [1.54, 1.807) is 0 Å². The van der Waals surface area contributed by atoms with Gasteiger partial charge in [-0.15, -0.1) is 10.2 Å². The number of hydrogen-bond acceptors (Lipinski definition) is 5. The van der Waals surface area contributed by atoms with Gasteiger partial charge in [0.1, 0.15) is 5.82 Å². The van der Waals surface area contributed by atoms with Crippen molar-refractivity contribution in [2.75, 3.05) is 16.7 Å². The predicted molar refractivity (Wildman–Crippen MR) is 108 cm³/mol. The molecule has 7 nitrogen and oxygen atoms in total. The van der Waals surface area contributed by atoms with Crippen molar-refractivity contribution in [1.82, 2.24) is 10.2 Å². The first-order chi connectivity index (χ1) is 13.7. The van der Waals surface area contributed by atoms with Crippen molar-refractivity contribution >= 4 is 50.6 Å². The van der Waals surface area contributed by atoms with Crippen LogP contribution < -0.4 is 9.62 Å². The summed E-state index contributed by atoms with van der Waals surface area (Å²) >= 11 is 11.7. The Kier molecular flexibility index (Phi) is 6.02. The molecule has 0 aliphatic carbocycles. The summed E-state index contributed by atoms with van der Waals surface area (Å²) in [5.74, 6) is -1.05. The van der Waals surface area contributed by atoms with Gasteiger partial charge in [-0.25, -0.2) is 12.8 Å². The van der Waals surface area contributed by atoms with Crippen molar-refractivity contribution in [3.8, 4) is 0 Å².